The topological polar surface area (TPSA) is 49.2 Å². The average molecular weight is 314 g/mol. The van der Waals surface area contributed by atoms with Crippen molar-refractivity contribution in [3.05, 3.63) is 16.2 Å². The Morgan fingerprint density at radius 1 is 1.30 bits per heavy atom. The minimum Gasteiger partial charge on any atom is -0.396 e. The highest BCUT2D eigenvalue weighted by Gasteiger charge is 2.13. The van der Waals surface area contributed by atoms with Crippen molar-refractivity contribution in [2.75, 3.05) is 25.1 Å². The molecule has 2 aromatic heterocycles. The van der Waals surface area contributed by atoms with E-state index < -0.39 is 0 Å². The lowest BCUT2D eigenvalue weighted by atomic mass is 10.2. The van der Waals surface area contributed by atoms with Gasteiger partial charge < -0.3 is 10.0 Å². The molecule has 0 aromatic carbocycles. The number of hydrogen-bond acceptors (Lipinski definition) is 5. The number of halogens is 1. The monoisotopic (exact) mass is 313 g/mol. The van der Waals surface area contributed by atoms with Gasteiger partial charge in [0.2, 0.25) is 5.28 Å². The Balaban J connectivity index is 2.20. The van der Waals surface area contributed by atoms with Crippen LogP contribution in [-0.4, -0.2) is 35.3 Å². The number of anilines is 1. The van der Waals surface area contributed by atoms with Gasteiger partial charge in [-0.1, -0.05) is 6.92 Å². The first-order chi connectivity index (χ1) is 9.65. The lowest BCUT2D eigenvalue weighted by Gasteiger charge is -2.18. The quantitative estimate of drug-likeness (QED) is 0.628. The van der Waals surface area contributed by atoms with Crippen LogP contribution in [-0.2, 0) is 6.42 Å². The van der Waals surface area contributed by atoms with Crippen LogP contribution in [0.25, 0.3) is 10.2 Å². The number of aromatic nitrogens is 2. The van der Waals surface area contributed by atoms with Crippen LogP contribution in [0.1, 0.15) is 31.1 Å². The summed E-state index contributed by atoms with van der Waals surface area (Å²) in [4.78, 5) is 13.1. The predicted octanol–water partition coefficient (Wildman–Crippen LogP) is 3.51. The molecule has 0 saturated carbocycles. The maximum atomic E-state index is 8.81. The Kier molecular flexibility index (Phi) is 5.57. The lowest BCUT2D eigenvalue weighted by Crippen LogP contribution is -2.20. The van der Waals surface area contributed by atoms with Crippen molar-refractivity contribution in [3.63, 3.8) is 0 Å². The molecule has 0 bridgehead atoms. The zero-order chi connectivity index (χ0) is 14.5. The van der Waals surface area contributed by atoms with Gasteiger partial charge in [0.15, 0.2) is 0 Å². The molecule has 1 N–H and O–H groups in total. The molecule has 0 aliphatic heterocycles. The molecule has 20 heavy (non-hydrogen) atoms. The SMILES string of the molecule is CCc1cc2c(N(C)CCCCCO)nc(Cl)nc2s1. The molecule has 2 aromatic rings. The van der Waals surface area contributed by atoms with Crippen molar-refractivity contribution >= 4 is 39.0 Å². The fourth-order valence-corrected chi connectivity index (χ4v) is 3.32. The summed E-state index contributed by atoms with van der Waals surface area (Å²) in [6.45, 7) is 3.30. The van der Waals surface area contributed by atoms with E-state index in [4.69, 9.17) is 16.7 Å². The second-order valence-electron chi connectivity index (χ2n) is 4.81. The van der Waals surface area contributed by atoms with Gasteiger partial charge in [-0.15, -0.1) is 11.3 Å². The second kappa shape index (κ2) is 7.20. The van der Waals surface area contributed by atoms with Crippen LogP contribution in [0, 0.1) is 0 Å². The lowest BCUT2D eigenvalue weighted by molar-refractivity contribution is 0.283. The molecular weight excluding hydrogens is 294 g/mol. The molecule has 0 fully saturated rings. The number of fused-ring (bicyclic) bond motifs is 1. The highest BCUT2D eigenvalue weighted by atomic mass is 35.5. The third-order valence-electron chi connectivity index (χ3n) is 3.26. The Morgan fingerprint density at radius 2 is 2.10 bits per heavy atom. The average Bonchev–Trinajstić information content (AvgIpc) is 2.85. The summed E-state index contributed by atoms with van der Waals surface area (Å²) in [6.07, 6.45) is 3.90. The number of aryl methyl sites for hydroxylation is 1. The van der Waals surface area contributed by atoms with Crippen LogP contribution < -0.4 is 4.90 Å². The van der Waals surface area contributed by atoms with Gasteiger partial charge in [-0.3, -0.25) is 0 Å². The first-order valence-corrected chi connectivity index (χ1v) is 8.13. The van der Waals surface area contributed by atoms with E-state index in [0.717, 1.165) is 48.3 Å². The standard InChI is InChI=1S/C14H20ClN3OS/c1-3-10-9-11-12(16-14(15)17-13(11)20-10)18(2)7-5-4-6-8-19/h9,19H,3-8H2,1-2H3. The van der Waals surface area contributed by atoms with E-state index in [0.29, 0.717) is 5.28 Å². The van der Waals surface area contributed by atoms with Crippen molar-refractivity contribution in [1.29, 1.82) is 0 Å². The fraction of sp³-hybridized carbons (Fsp3) is 0.571. The largest absolute Gasteiger partial charge is 0.396 e. The molecule has 0 aliphatic carbocycles. The number of rotatable bonds is 7. The molecule has 0 unspecified atom stereocenters. The zero-order valence-electron chi connectivity index (χ0n) is 11.9. The van der Waals surface area contributed by atoms with Crippen LogP contribution in [0.4, 0.5) is 5.82 Å². The maximum Gasteiger partial charge on any atom is 0.225 e. The van der Waals surface area contributed by atoms with Gasteiger partial charge >= 0.3 is 0 Å². The van der Waals surface area contributed by atoms with Crippen molar-refractivity contribution in [2.24, 2.45) is 0 Å². The normalized spacial score (nSPS) is 11.2. The summed E-state index contributed by atoms with van der Waals surface area (Å²) in [5, 5.41) is 10.2. The Labute approximate surface area is 128 Å². The molecule has 4 nitrogen and oxygen atoms in total. The molecule has 0 radical (unpaired) electrons. The minimum atomic E-state index is 0.262. The van der Waals surface area contributed by atoms with E-state index in [1.54, 1.807) is 11.3 Å². The molecular formula is C14H20ClN3OS. The van der Waals surface area contributed by atoms with Gasteiger partial charge in [0.25, 0.3) is 0 Å². The Hall–Kier alpha value is -0.910. The van der Waals surface area contributed by atoms with E-state index in [9.17, 15) is 0 Å². The van der Waals surface area contributed by atoms with Crippen molar-refractivity contribution < 1.29 is 5.11 Å². The van der Waals surface area contributed by atoms with E-state index in [2.05, 4.69) is 27.9 Å². The molecule has 0 saturated heterocycles. The van der Waals surface area contributed by atoms with Crippen molar-refractivity contribution in [2.45, 2.75) is 32.6 Å². The minimum absolute atomic E-state index is 0.262. The summed E-state index contributed by atoms with van der Waals surface area (Å²) >= 11 is 7.71. The Bertz CT molecular complexity index is 573. The third kappa shape index (κ3) is 3.59. The van der Waals surface area contributed by atoms with E-state index in [1.165, 1.54) is 4.88 Å². The zero-order valence-corrected chi connectivity index (χ0v) is 13.5. The summed E-state index contributed by atoms with van der Waals surface area (Å²) in [5.41, 5.74) is 0. The number of hydrogen-bond donors (Lipinski definition) is 1. The predicted molar refractivity (Wildman–Crippen MR) is 86.0 cm³/mol. The maximum absolute atomic E-state index is 8.81. The highest BCUT2D eigenvalue weighted by Crippen LogP contribution is 2.31. The molecule has 2 heterocycles. The summed E-state index contributed by atoms with van der Waals surface area (Å²) in [7, 11) is 2.03. The summed E-state index contributed by atoms with van der Waals surface area (Å²) < 4.78 is 0. The highest BCUT2D eigenvalue weighted by molar-refractivity contribution is 7.18. The van der Waals surface area contributed by atoms with Gasteiger partial charge in [-0.2, -0.15) is 4.98 Å². The second-order valence-corrected chi connectivity index (χ2v) is 6.26. The van der Waals surface area contributed by atoms with E-state index in [-0.39, 0.29) is 6.61 Å². The van der Waals surface area contributed by atoms with Gasteiger partial charge in [0.05, 0.1) is 5.39 Å². The van der Waals surface area contributed by atoms with Crippen LogP contribution >= 0.6 is 22.9 Å². The van der Waals surface area contributed by atoms with Gasteiger partial charge in [-0.25, -0.2) is 4.98 Å². The molecule has 6 heteroatoms. The number of nitrogens with zero attached hydrogens (tertiary/aromatic N) is 3. The summed E-state index contributed by atoms with van der Waals surface area (Å²) in [5.74, 6) is 0.903. The van der Waals surface area contributed by atoms with Crippen LogP contribution in [0.15, 0.2) is 6.07 Å². The van der Waals surface area contributed by atoms with Gasteiger partial charge in [-0.05, 0) is 43.4 Å². The molecule has 0 amide bonds. The van der Waals surface area contributed by atoms with Crippen LogP contribution in [0.5, 0.6) is 0 Å². The van der Waals surface area contributed by atoms with Crippen LogP contribution in [0.2, 0.25) is 5.28 Å². The molecule has 110 valence electrons. The van der Waals surface area contributed by atoms with Crippen molar-refractivity contribution in [1.82, 2.24) is 9.97 Å². The van der Waals surface area contributed by atoms with Gasteiger partial charge in [0, 0.05) is 25.1 Å². The Morgan fingerprint density at radius 3 is 2.80 bits per heavy atom. The first kappa shape index (κ1) is 15.5. The number of unbranched alkanes of at least 4 members (excludes halogenated alkanes) is 2. The van der Waals surface area contributed by atoms with Crippen molar-refractivity contribution in [3.8, 4) is 0 Å². The number of aliphatic hydroxyl groups is 1. The number of aliphatic hydroxyl groups excluding tert-OH is 1. The number of thiophene rings is 1. The van der Waals surface area contributed by atoms with E-state index in [1.807, 2.05) is 7.05 Å². The third-order valence-corrected chi connectivity index (χ3v) is 4.60. The first-order valence-electron chi connectivity index (χ1n) is 6.93. The molecule has 0 aliphatic rings. The molecule has 0 spiro atoms. The van der Waals surface area contributed by atoms with E-state index >= 15 is 0 Å². The molecule has 2 rings (SSSR count). The summed E-state index contributed by atoms with van der Waals surface area (Å²) in [6, 6.07) is 2.16. The van der Waals surface area contributed by atoms with Crippen LogP contribution in [0.3, 0.4) is 0 Å². The van der Waals surface area contributed by atoms with Gasteiger partial charge in [0.1, 0.15) is 10.6 Å². The smallest absolute Gasteiger partial charge is 0.225 e. The fourth-order valence-electron chi connectivity index (χ4n) is 2.14. The molecule has 0 atom stereocenters.